The molecule has 1 rings (SSSR count). The molecule has 0 saturated carbocycles. The molecule has 8 heteroatoms. The van der Waals surface area contributed by atoms with Gasteiger partial charge in [-0.2, -0.15) is 26.3 Å². The minimum atomic E-state index is -4.92. The Morgan fingerprint density at radius 2 is 1.43 bits per heavy atom. The van der Waals surface area contributed by atoms with E-state index in [4.69, 9.17) is 0 Å². The second-order valence-corrected chi connectivity index (χ2v) is 4.63. The van der Waals surface area contributed by atoms with Crippen molar-refractivity contribution in [2.24, 2.45) is 0 Å². The quantitative estimate of drug-likeness (QED) is 0.829. The minimum absolute atomic E-state index is 0.0358. The van der Waals surface area contributed by atoms with Gasteiger partial charge in [-0.3, -0.25) is 0 Å². The topological polar surface area (TPSA) is 32.3 Å². The number of hydrogen-bond acceptors (Lipinski definition) is 2. The summed E-state index contributed by atoms with van der Waals surface area (Å²) in [6, 6.07) is 0.426. The summed E-state index contributed by atoms with van der Waals surface area (Å²) >= 11 is 0. The van der Waals surface area contributed by atoms with Gasteiger partial charge in [0.15, 0.2) is 0 Å². The van der Waals surface area contributed by atoms with Gasteiger partial charge in [0.1, 0.15) is 0 Å². The van der Waals surface area contributed by atoms with Crippen molar-refractivity contribution in [3.8, 4) is 0 Å². The van der Waals surface area contributed by atoms with Crippen LogP contribution in [0.2, 0.25) is 0 Å². The molecule has 0 saturated heterocycles. The van der Waals surface area contributed by atoms with Crippen LogP contribution in [0.3, 0.4) is 0 Å². The van der Waals surface area contributed by atoms with E-state index in [-0.39, 0.29) is 6.07 Å². The molecule has 0 spiro atoms. The molecule has 21 heavy (non-hydrogen) atoms. The molecule has 1 aromatic carbocycles. The summed E-state index contributed by atoms with van der Waals surface area (Å²) in [5.74, 6) is 0. The highest BCUT2D eigenvalue weighted by Crippen LogP contribution is 2.37. The van der Waals surface area contributed by atoms with Gasteiger partial charge in [-0.25, -0.2) is 0 Å². The van der Waals surface area contributed by atoms with Crippen molar-refractivity contribution >= 4 is 0 Å². The molecule has 0 radical (unpaired) electrons. The molecule has 0 aliphatic rings. The Labute approximate surface area is 117 Å². The SMILES string of the molecule is CCN[C@H](C)[C@@H](O)c1cc(C(F)(F)F)cc(C(F)(F)F)c1. The Balaban J connectivity index is 3.32. The van der Waals surface area contributed by atoms with E-state index in [0.29, 0.717) is 18.7 Å². The lowest BCUT2D eigenvalue weighted by molar-refractivity contribution is -0.143. The fourth-order valence-electron chi connectivity index (χ4n) is 1.87. The molecule has 1 aromatic rings. The van der Waals surface area contributed by atoms with Crippen molar-refractivity contribution < 1.29 is 31.4 Å². The lowest BCUT2D eigenvalue weighted by atomic mass is 9.97. The van der Waals surface area contributed by atoms with Crippen LogP contribution in [-0.2, 0) is 12.4 Å². The van der Waals surface area contributed by atoms with E-state index in [1.807, 2.05) is 0 Å². The summed E-state index contributed by atoms with van der Waals surface area (Å²) < 4.78 is 76.1. The maximum absolute atomic E-state index is 12.7. The summed E-state index contributed by atoms with van der Waals surface area (Å²) in [7, 11) is 0. The number of nitrogens with one attached hydrogen (secondary N) is 1. The van der Waals surface area contributed by atoms with Crippen LogP contribution in [0.1, 0.15) is 36.6 Å². The molecule has 2 nitrogen and oxygen atoms in total. The Kier molecular flexibility index (Phi) is 5.27. The predicted octanol–water partition coefficient (Wildman–Crippen LogP) is 3.76. The van der Waals surface area contributed by atoms with Gasteiger partial charge in [0.2, 0.25) is 0 Å². The van der Waals surface area contributed by atoms with Crippen LogP contribution in [0.25, 0.3) is 0 Å². The van der Waals surface area contributed by atoms with Gasteiger partial charge in [0.05, 0.1) is 17.2 Å². The molecule has 0 aliphatic heterocycles. The second-order valence-electron chi connectivity index (χ2n) is 4.63. The lowest BCUT2D eigenvalue weighted by Gasteiger charge is -2.22. The maximum Gasteiger partial charge on any atom is 0.416 e. The fraction of sp³-hybridized carbons (Fsp3) is 0.538. The molecule has 0 aliphatic carbocycles. The Bertz CT molecular complexity index is 450. The van der Waals surface area contributed by atoms with Gasteiger partial charge in [0, 0.05) is 6.04 Å². The van der Waals surface area contributed by atoms with Gasteiger partial charge in [0.25, 0.3) is 0 Å². The third kappa shape index (κ3) is 4.60. The molecule has 0 unspecified atom stereocenters. The van der Waals surface area contributed by atoms with E-state index in [1.165, 1.54) is 6.92 Å². The van der Waals surface area contributed by atoms with E-state index in [1.54, 1.807) is 6.92 Å². The summed E-state index contributed by atoms with van der Waals surface area (Å²) in [6.07, 6.45) is -11.3. The van der Waals surface area contributed by atoms with Crippen LogP contribution in [0.15, 0.2) is 18.2 Å². The third-order valence-corrected chi connectivity index (χ3v) is 2.95. The third-order valence-electron chi connectivity index (χ3n) is 2.95. The van der Waals surface area contributed by atoms with Crippen LogP contribution in [0.5, 0.6) is 0 Å². The lowest BCUT2D eigenvalue weighted by Crippen LogP contribution is -2.32. The van der Waals surface area contributed by atoms with Gasteiger partial charge in [-0.05, 0) is 37.2 Å². The first-order valence-corrected chi connectivity index (χ1v) is 6.17. The average Bonchev–Trinajstić information content (AvgIpc) is 2.35. The molecule has 2 atom stereocenters. The van der Waals surface area contributed by atoms with Crippen LogP contribution < -0.4 is 5.32 Å². The van der Waals surface area contributed by atoms with Crippen LogP contribution in [-0.4, -0.2) is 17.7 Å². The zero-order chi connectivity index (χ0) is 16.4. The minimum Gasteiger partial charge on any atom is -0.387 e. The molecule has 0 heterocycles. The number of likely N-dealkylation sites (N-methyl/N-ethyl adjacent to an activating group) is 1. The van der Waals surface area contributed by atoms with Crippen molar-refractivity contribution in [1.29, 1.82) is 0 Å². The largest absolute Gasteiger partial charge is 0.416 e. The monoisotopic (exact) mass is 315 g/mol. The van der Waals surface area contributed by atoms with E-state index in [2.05, 4.69) is 5.32 Å². The van der Waals surface area contributed by atoms with Gasteiger partial charge >= 0.3 is 12.4 Å². The normalized spacial score (nSPS) is 15.9. The predicted molar refractivity (Wildman–Crippen MR) is 64.5 cm³/mol. The molecule has 0 fully saturated rings. The molecule has 0 bridgehead atoms. The molecule has 2 N–H and O–H groups in total. The number of aliphatic hydroxyl groups excluding tert-OH is 1. The van der Waals surface area contributed by atoms with E-state index >= 15 is 0 Å². The van der Waals surface area contributed by atoms with Gasteiger partial charge < -0.3 is 10.4 Å². The van der Waals surface area contributed by atoms with Crippen LogP contribution >= 0.6 is 0 Å². The summed E-state index contributed by atoms with van der Waals surface area (Å²) in [5.41, 5.74) is -3.30. The van der Waals surface area contributed by atoms with E-state index in [9.17, 15) is 31.4 Å². The molecule has 0 amide bonds. The smallest absolute Gasteiger partial charge is 0.387 e. The zero-order valence-electron chi connectivity index (χ0n) is 11.3. The number of alkyl halides is 6. The van der Waals surface area contributed by atoms with Gasteiger partial charge in [-0.1, -0.05) is 6.92 Å². The Morgan fingerprint density at radius 1 is 1.00 bits per heavy atom. The van der Waals surface area contributed by atoms with Crippen molar-refractivity contribution in [1.82, 2.24) is 5.32 Å². The first-order valence-electron chi connectivity index (χ1n) is 6.17. The summed E-state index contributed by atoms with van der Waals surface area (Å²) in [4.78, 5) is 0. The molecule has 120 valence electrons. The number of halogens is 6. The van der Waals surface area contributed by atoms with Crippen LogP contribution in [0, 0.1) is 0 Å². The fourth-order valence-corrected chi connectivity index (χ4v) is 1.87. The summed E-state index contributed by atoms with van der Waals surface area (Å²) in [6.45, 7) is 3.60. The molecular formula is C13H15F6NO. The average molecular weight is 315 g/mol. The van der Waals surface area contributed by atoms with Gasteiger partial charge in [-0.15, -0.1) is 0 Å². The summed E-state index contributed by atoms with van der Waals surface area (Å²) in [5, 5.41) is 12.7. The zero-order valence-corrected chi connectivity index (χ0v) is 11.3. The first-order chi connectivity index (χ1) is 9.46. The highest BCUT2D eigenvalue weighted by molar-refractivity contribution is 5.35. The van der Waals surface area contributed by atoms with Crippen molar-refractivity contribution in [2.45, 2.75) is 38.3 Å². The van der Waals surface area contributed by atoms with Crippen LogP contribution in [0.4, 0.5) is 26.3 Å². The standard InChI is InChI=1S/C13H15F6NO/c1-3-20-7(2)11(21)8-4-9(12(14,15)16)6-10(5-8)13(17,18)19/h4-7,11,20-21H,3H2,1-2H3/t7-,11-/m1/s1. The number of benzene rings is 1. The number of aliphatic hydroxyl groups is 1. The van der Waals surface area contributed by atoms with Crippen molar-refractivity contribution in [3.05, 3.63) is 34.9 Å². The second kappa shape index (κ2) is 6.23. The molecular weight excluding hydrogens is 300 g/mol. The highest BCUT2D eigenvalue weighted by atomic mass is 19.4. The van der Waals surface area contributed by atoms with E-state index < -0.39 is 41.2 Å². The Hall–Kier alpha value is -1.28. The maximum atomic E-state index is 12.7. The molecule has 0 aromatic heterocycles. The first kappa shape index (κ1) is 17.8. The van der Waals surface area contributed by atoms with Crippen molar-refractivity contribution in [3.63, 3.8) is 0 Å². The number of hydrogen-bond donors (Lipinski definition) is 2. The highest BCUT2D eigenvalue weighted by Gasteiger charge is 2.37. The van der Waals surface area contributed by atoms with Crippen molar-refractivity contribution in [2.75, 3.05) is 6.54 Å². The Morgan fingerprint density at radius 3 is 1.76 bits per heavy atom. The number of rotatable bonds is 4. The van der Waals surface area contributed by atoms with E-state index in [0.717, 1.165) is 0 Å².